The Balaban J connectivity index is 2.36. The van der Waals surface area contributed by atoms with E-state index < -0.39 is 0 Å². The van der Waals surface area contributed by atoms with Gasteiger partial charge in [0.15, 0.2) is 0 Å². The molecule has 2 rings (SSSR count). The lowest BCUT2D eigenvalue weighted by atomic mass is 9.93. The minimum atomic E-state index is -0.0863. The first-order valence-corrected chi connectivity index (χ1v) is 5.29. The molecule has 4 heteroatoms. The molecule has 74 valence electrons. The maximum atomic E-state index is 11.5. The summed E-state index contributed by atoms with van der Waals surface area (Å²) in [4.78, 5) is 11.5. The van der Waals surface area contributed by atoms with Crippen LogP contribution in [0.4, 0.5) is 5.69 Å². The Hall–Kier alpha value is -0.870. The van der Waals surface area contributed by atoms with Gasteiger partial charge in [-0.05, 0) is 30.2 Å². The molecule has 1 aliphatic rings. The second-order valence-electron chi connectivity index (χ2n) is 3.43. The van der Waals surface area contributed by atoms with E-state index >= 15 is 0 Å². The van der Waals surface area contributed by atoms with Crippen molar-refractivity contribution in [1.29, 1.82) is 0 Å². The van der Waals surface area contributed by atoms with Crippen LogP contribution in [0, 0.1) is 5.92 Å². The molecule has 0 radical (unpaired) electrons. The summed E-state index contributed by atoms with van der Waals surface area (Å²) in [6.45, 7) is 0.401. The molecule has 1 unspecified atom stereocenters. The van der Waals surface area contributed by atoms with Crippen molar-refractivity contribution in [3.05, 3.63) is 28.2 Å². The van der Waals surface area contributed by atoms with Crippen LogP contribution in [-0.4, -0.2) is 12.5 Å². The van der Waals surface area contributed by atoms with Gasteiger partial charge >= 0.3 is 0 Å². The number of carbonyl (C=O) groups is 1. The molecule has 0 bridgehead atoms. The van der Waals surface area contributed by atoms with Gasteiger partial charge in [-0.15, -0.1) is 0 Å². The van der Waals surface area contributed by atoms with Crippen molar-refractivity contribution in [2.75, 3.05) is 11.9 Å². The first kappa shape index (κ1) is 9.68. The summed E-state index contributed by atoms with van der Waals surface area (Å²) in [5.41, 5.74) is 7.57. The van der Waals surface area contributed by atoms with Crippen LogP contribution in [0.25, 0.3) is 0 Å². The molecule has 1 aromatic rings. The van der Waals surface area contributed by atoms with Gasteiger partial charge in [0.1, 0.15) is 0 Å². The van der Waals surface area contributed by atoms with E-state index in [9.17, 15) is 4.79 Å². The van der Waals surface area contributed by atoms with E-state index in [1.54, 1.807) is 0 Å². The SMILES string of the molecule is NCC1Cc2cc(Br)ccc2NC1=O. The Labute approximate surface area is 90.8 Å². The van der Waals surface area contributed by atoms with E-state index in [0.29, 0.717) is 6.54 Å². The Kier molecular flexibility index (Phi) is 2.56. The number of amides is 1. The number of nitrogens with two attached hydrogens (primary N) is 1. The maximum absolute atomic E-state index is 11.5. The van der Waals surface area contributed by atoms with Gasteiger partial charge in [-0.3, -0.25) is 4.79 Å². The molecule has 1 aliphatic heterocycles. The molecule has 0 saturated carbocycles. The molecule has 0 saturated heterocycles. The molecule has 1 heterocycles. The van der Waals surface area contributed by atoms with Crippen LogP contribution >= 0.6 is 15.9 Å². The first-order valence-electron chi connectivity index (χ1n) is 4.50. The van der Waals surface area contributed by atoms with E-state index in [1.807, 2.05) is 18.2 Å². The first-order chi connectivity index (χ1) is 6.70. The molecule has 1 amide bonds. The molecule has 3 nitrogen and oxygen atoms in total. The Morgan fingerprint density at radius 2 is 2.36 bits per heavy atom. The summed E-state index contributed by atoms with van der Waals surface area (Å²) >= 11 is 3.40. The quantitative estimate of drug-likeness (QED) is 0.799. The minimum absolute atomic E-state index is 0.0299. The fraction of sp³-hybridized carbons (Fsp3) is 0.300. The fourth-order valence-corrected chi connectivity index (χ4v) is 2.04. The van der Waals surface area contributed by atoms with Crippen LogP contribution in [-0.2, 0) is 11.2 Å². The number of hydrogen-bond acceptors (Lipinski definition) is 2. The lowest BCUT2D eigenvalue weighted by Crippen LogP contribution is -2.34. The van der Waals surface area contributed by atoms with Crippen molar-refractivity contribution in [3.8, 4) is 0 Å². The van der Waals surface area contributed by atoms with Gasteiger partial charge in [0.2, 0.25) is 5.91 Å². The second-order valence-corrected chi connectivity index (χ2v) is 4.34. The van der Waals surface area contributed by atoms with Crippen molar-refractivity contribution < 1.29 is 4.79 Å². The third kappa shape index (κ3) is 1.67. The van der Waals surface area contributed by atoms with E-state index in [0.717, 1.165) is 22.1 Å². The number of benzene rings is 1. The average molecular weight is 255 g/mol. The standard InChI is InChI=1S/C10H11BrN2O/c11-8-1-2-9-6(4-8)3-7(5-12)10(14)13-9/h1-2,4,7H,3,5,12H2,(H,13,14). The van der Waals surface area contributed by atoms with E-state index in [4.69, 9.17) is 5.73 Å². The normalized spacial score (nSPS) is 20.1. The number of nitrogens with one attached hydrogen (secondary N) is 1. The lowest BCUT2D eigenvalue weighted by molar-refractivity contribution is -0.119. The van der Waals surface area contributed by atoms with Crippen molar-refractivity contribution >= 4 is 27.5 Å². The van der Waals surface area contributed by atoms with Gasteiger partial charge in [-0.1, -0.05) is 15.9 Å². The number of fused-ring (bicyclic) bond motifs is 1. The molecule has 0 aromatic heterocycles. The highest BCUT2D eigenvalue weighted by Crippen LogP contribution is 2.27. The van der Waals surface area contributed by atoms with Crippen molar-refractivity contribution in [1.82, 2.24) is 0 Å². The molecule has 0 fully saturated rings. The molecule has 0 aliphatic carbocycles. The maximum Gasteiger partial charge on any atom is 0.229 e. The van der Waals surface area contributed by atoms with Gasteiger partial charge < -0.3 is 11.1 Å². The third-order valence-electron chi connectivity index (χ3n) is 2.45. The molecule has 14 heavy (non-hydrogen) atoms. The summed E-state index contributed by atoms with van der Waals surface area (Å²) in [6, 6.07) is 5.85. The molecule has 1 aromatic carbocycles. The van der Waals surface area contributed by atoms with Crippen molar-refractivity contribution in [2.24, 2.45) is 11.7 Å². The third-order valence-corrected chi connectivity index (χ3v) is 2.94. The van der Waals surface area contributed by atoms with Crippen molar-refractivity contribution in [2.45, 2.75) is 6.42 Å². The minimum Gasteiger partial charge on any atom is -0.330 e. The zero-order valence-electron chi connectivity index (χ0n) is 7.59. The number of rotatable bonds is 1. The van der Waals surface area contributed by atoms with Crippen LogP contribution < -0.4 is 11.1 Å². The number of halogens is 1. The number of hydrogen-bond donors (Lipinski definition) is 2. The van der Waals surface area contributed by atoms with Gasteiger partial charge in [-0.2, -0.15) is 0 Å². The second kappa shape index (κ2) is 3.71. The Bertz CT molecular complexity index is 378. The van der Waals surface area contributed by atoms with Crippen LogP contribution in [0.2, 0.25) is 0 Å². The van der Waals surface area contributed by atoms with Gasteiger partial charge in [0.25, 0.3) is 0 Å². The highest BCUT2D eigenvalue weighted by molar-refractivity contribution is 9.10. The van der Waals surface area contributed by atoms with Gasteiger partial charge in [0.05, 0.1) is 5.92 Å². The van der Waals surface area contributed by atoms with Crippen molar-refractivity contribution in [3.63, 3.8) is 0 Å². The molecular weight excluding hydrogens is 244 g/mol. The summed E-state index contributed by atoms with van der Waals surface area (Å²) in [7, 11) is 0. The zero-order chi connectivity index (χ0) is 10.1. The Morgan fingerprint density at radius 3 is 3.07 bits per heavy atom. The predicted molar refractivity (Wildman–Crippen MR) is 59.0 cm³/mol. The predicted octanol–water partition coefficient (Wildman–Crippen LogP) is 1.52. The summed E-state index contributed by atoms with van der Waals surface area (Å²) in [5.74, 6) is -0.0564. The Morgan fingerprint density at radius 1 is 1.57 bits per heavy atom. The van der Waals surface area contributed by atoms with Crippen LogP contribution in [0.15, 0.2) is 22.7 Å². The highest BCUT2D eigenvalue weighted by Gasteiger charge is 2.24. The highest BCUT2D eigenvalue weighted by atomic mass is 79.9. The molecule has 3 N–H and O–H groups in total. The molecule has 0 spiro atoms. The van der Waals surface area contributed by atoms with Crippen LogP contribution in [0.3, 0.4) is 0 Å². The van der Waals surface area contributed by atoms with Crippen LogP contribution in [0.1, 0.15) is 5.56 Å². The fourth-order valence-electron chi connectivity index (χ4n) is 1.64. The van der Waals surface area contributed by atoms with Crippen LogP contribution in [0.5, 0.6) is 0 Å². The smallest absolute Gasteiger partial charge is 0.229 e. The topological polar surface area (TPSA) is 55.1 Å². The summed E-state index contributed by atoms with van der Waals surface area (Å²) < 4.78 is 1.03. The van der Waals surface area contributed by atoms with Gasteiger partial charge in [-0.25, -0.2) is 0 Å². The molecule has 1 atom stereocenters. The number of anilines is 1. The van der Waals surface area contributed by atoms with E-state index in [1.165, 1.54) is 0 Å². The van der Waals surface area contributed by atoms with E-state index in [2.05, 4.69) is 21.2 Å². The van der Waals surface area contributed by atoms with E-state index in [-0.39, 0.29) is 11.8 Å². The summed E-state index contributed by atoms with van der Waals surface area (Å²) in [5, 5.41) is 2.85. The summed E-state index contributed by atoms with van der Waals surface area (Å²) in [6.07, 6.45) is 0.733. The number of carbonyl (C=O) groups excluding carboxylic acids is 1. The average Bonchev–Trinajstić information content (AvgIpc) is 2.17. The lowest BCUT2D eigenvalue weighted by Gasteiger charge is -2.23. The molecular formula is C10H11BrN2O. The zero-order valence-corrected chi connectivity index (χ0v) is 9.17. The monoisotopic (exact) mass is 254 g/mol. The largest absolute Gasteiger partial charge is 0.330 e. The van der Waals surface area contributed by atoms with Gasteiger partial charge in [0, 0.05) is 16.7 Å².